The molecule has 0 spiro atoms. The molecular formula is C11H13ClN4. The molecule has 1 atom stereocenters. The second kappa shape index (κ2) is 4.14. The van der Waals surface area contributed by atoms with Crippen molar-refractivity contribution >= 4 is 17.4 Å². The first-order valence-corrected chi connectivity index (χ1v) is 5.40. The van der Waals surface area contributed by atoms with Gasteiger partial charge < -0.3 is 5.73 Å². The molecule has 2 N–H and O–H groups in total. The molecule has 0 aliphatic carbocycles. The van der Waals surface area contributed by atoms with E-state index in [1.165, 1.54) is 0 Å². The SMILES string of the molecule is Cc1nn(C(C)c2ccccn2)c(N)c1Cl. The average Bonchev–Trinajstić information content (AvgIpc) is 2.57. The maximum absolute atomic E-state index is 6.00. The van der Waals surface area contributed by atoms with E-state index in [2.05, 4.69) is 10.1 Å². The fourth-order valence-corrected chi connectivity index (χ4v) is 1.71. The van der Waals surface area contributed by atoms with E-state index in [0.29, 0.717) is 10.8 Å². The predicted molar refractivity (Wildman–Crippen MR) is 64.4 cm³/mol. The molecule has 2 heterocycles. The number of nitrogens with zero attached hydrogens (tertiary/aromatic N) is 3. The monoisotopic (exact) mass is 236 g/mol. The van der Waals surface area contributed by atoms with Gasteiger partial charge in [-0.25, -0.2) is 4.68 Å². The van der Waals surface area contributed by atoms with Gasteiger partial charge in [-0.15, -0.1) is 0 Å². The number of hydrogen-bond donors (Lipinski definition) is 1. The molecule has 16 heavy (non-hydrogen) atoms. The van der Waals surface area contributed by atoms with Gasteiger partial charge in [0.15, 0.2) is 0 Å². The molecule has 0 saturated carbocycles. The van der Waals surface area contributed by atoms with Gasteiger partial charge in [0.1, 0.15) is 10.8 Å². The lowest BCUT2D eigenvalue weighted by molar-refractivity contribution is 0.556. The highest BCUT2D eigenvalue weighted by molar-refractivity contribution is 6.33. The highest BCUT2D eigenvalue weighted by Crippen LogP contribution is 2.27. The Labute approximate surface area is 99.1 Å². The second-order valence-electron chi connectivity index (χ2n) is 3.66. The van der Waals surface area contributed by atoms with Crippen LogP contribution in [0, 0.1) is 6.92 Å². The van der Waals surface area contributed by atoms with Crippen LogP contribution in [0.4, 0.5) is 5.82 Å². The summed E-state index contributed by atoms with van der Waals surface area (Å²) in [5.74, 6) is 0.484. The summed E-state index contributed by atoms with van der Waals surface area (Å²) in [5, 5.41) is 4.82. The van der Waals surface area contributed by atoms with Crippen LogP contribution in [0.2, 0.25) is 5.02 Å². The van der Waals surface area contributed by atoms with Gasteiger partial charge in [-0.05, 0) is 26.0 Å². The number of rotatable bonds is 2. The van der Waals surface area contributed by atoms with Gasteiger partial charge in [0.05, 0.1) is 17.4 Å². The number of aromatic nitrogens is 3. The van der Waals surface area contributed by atoms with E-state index in [0.717, 1.165) is 11.4 Å². The van der Waals surface area contributed by atoms with Crippen LogP contribution in [0.3, 0.4) is 0 Å². The van der Waals surface area contributed by atoms with E-state index in [9.17, 15) is 0 Å². The lowest BCUT2D eigenvalue weighted by atomic mass is 10.2. The van der Waals surface area contributed by atoms with Gasteiger partial charge in [-0.1, -0.05) is 17.7 Å². The van der Waals surface area contributed by atoms with E-state index in [1.54, 1.807) is 10.9 Å². The fraction of sp³-hybridized carbons (Fsp3) is 0.273. The topological polar surface area (TPSA) is 56.7 Å². The third kappa shape index (κ3) is 1.76. The van der Waals surface area contributed by atoms with Crippen LogP contribution < -0.4 is 5.73 Å². The zero-order valence-corrected chi connectivity index (χ0v) is 9.94. The molecule has 0 aliphatic heterocycles. The molecule has 0 radical (unpaired) electrons. The van der Waals surface area contributed by atoms with Crippen LogP contribution in [0.1, 0.15) is 24.4 Å². The van der Waals surface area contributed by atoms with Crippen LogP contribution in [0.25, 0.3) is 0 Å². The van der Waals surface area contributed by atoms with Crippen LogP contribution in [0.15, 0.2) is 24.4 Å². The van der Waals surface area contributed by atoms with Gasteiger partial charge >= 0.3 is 0 Å². The molecule has 2 rings (SSSR count). The first kappa shape index (κ1) is 11.0. The molecular weight excluding hydrogens is 224 g/mol. The summed E-state index contributed by atoms with van der Waals surface area (Å²) in [6.07, 6.45) is 1.75. The number of hydrogen-bond acceptors (Lipinski definition) is 3. The minimum Gasteiger partial charge on any atom is -0.383 e. The van der Waals surface area contributed by atoms with Gasteiger partial charge in [-0.2, -0.15) is 5.10 Å². The molecule has 0 bridgehead atoms. The van der Waals surface area contributed by atoms with E-state index < -0.39 is 0 Å². The minimum absolute atomic E-state index is 0.0209. The standard InChI is InChI=1S/C11H13ClN4/c1-7-10(12)11(13)16(15-7)8(2)9-5-3-4-6-14-9/h3-6,8H,13H2,1-2H3. The van der Waals surface area contributed by atoms with E-state index in [4.69, 9.17) is 17.3 Å². The molecule has 0 aliphatic rings. The van der Waals surface area contributed by atoms with Gasteiger partial charge in [-0.3, -0.25) is 4.98 Å². The Hall–Kier alpha value is -1.55. The average molecular weight is 237 g/mol. The number of halogens is 1. The van der Waals surface area contributed by atoms with Crippen molar-refractivity contribution in [3.05, 3.63) is 40.8 Å². The van der Waals surface area contributed by atoms with E-state index in [-0.39, 0.29) is 6.04 Å². The molecule has 5 heteroatoms. The maximum atomic E-state index is 6.00. The lowest BCUT2D eigenvalue weighted by Crippen LogP contribution is -2.12. The summed E-state index contributed by atoms with van der Waals surface area (Å²) in [6.45, 7) is 3.82. The largest absolute Gasteiger partial charge is 0.383 e. The van der Waals surface area contributed by atoms with Crippen LogP contribution in [-0.2, 0) is 0 Å². The molecule has 4 nitrogen and oxygen atoms in total. The molecule has 0 fully saturated rings. The first-order valence-electron chi connectivity index (χ1n) is 5.02. The highest BCUT2D eigenvalue weighted by atomic mass is 35.5. The summed E-state index contributed by atoms with van der Waals surface area (Å²) >= 11 is 6.00. The molecule has 1 unspecified atom stereocenters. The molecule has 0 saturated heterocycles. The minimum atomic E-state index is -0.0209. The number of pyridine rings is 1. The van der Waals surface area contributed by atoms with E-state index >= 15 is 0 Å². The zero-order chi connectivity index (χ0) is 11.7. The van der Waals surface area contributed by atoms with Crippen molar-refractivity contribution in [2.45, 2.75) is 19.9 Å². The number of anilines is 1. The third-order valence-electron chi connectivity index (χ3n) is 2.53. The lowest BCUT2D eigenvalue weighted by Gasteiger charge is -2.12. The number of aryl methyl sites for hydroxylation is 1. The molecule has 0 aromatic carbocycles. The number of nitrogens with two attached hydrogens (primary N) is 1. The van der Waals surface area contributed by atoms with Crippen LogP contribution in [-0.4, -0.2) is 14.8 Å². The Bertz CT molecular complexity index is 492. The van der Waals surface area contributed by atoms with Crippen molar-refractivity contribution in [1.82, 2.24) is 14.8 Å². The van der Waals surface area contributed by atoms with Crippen molar-refractivity contribution in [2.75, 3.05) is 5.73 Å². The van der Waals surface area contributed by atoms with Crippen molar-refractivity contribution in [3.63, 3.8) is 0 Å². The Morgan fingerprint density at radius 2 is 2.19 bits per heavy atom. The van der Waals surface area contributed by atoms with Crippen molar-refractivity contribution in [2.24, 2.45) is 0 Å². The van der Waals surface area contributed by atoms with Gasteiger partial charge in [0.25, 0.3) is 0 Å². The molecule has 0 amide bonds. The summed E-state index contributed by atoms with van der Waals surface area (Å²) in [5.41, 5.74) is 7.53. The first-order chi connectivity index (χ1) is 7.61. The normalized spacial score (nSPS) is 12.7. The Morgan fingerprint density at radius 1 is 1.44 bits per heavy atom. The highest BCUT2D eigenvalue weighted by Gasteiger charge is 2.16. The second-order valence-corrected chi connectivity index (χ2v) is 4.04. The van der Waals surface area contributed by atoms with Crippen molar-refractivity contribution in [3.8, 4) is 0 Å². The Morgan fingerprint density at radius 3 is 2.69 bits per heavy atom. The quantitative estimate of drug-likeness (QED) is 0.871. The number of nitrogen functional groups attached to an aromatic ring is 1. The Kier molecular flexibility index (Phi) is 2.83. The third-order valence-corrected chi connectivity index (χ3v) is 3.00. The maximum Gasteiger partial charge on any atom is 0.141 e. The van der Waals surface area contributed by atoms with Gasteiger partial charge in [0, 0.05) is 6.20 Å². The smallest absolute Gasteiger partial charge is 0.141 e. The summed E-state index contributed by atoms with van der Waals surface area (Å²) in [6, 6.07) is 5.73. The summed E-state index contributed by atoms with van der Waals surface area (Å²) < 4.78 is 1.69. The van der Waals surface area contributed by atoms with Crippen LogP contribution >= 0.6 is 11.6 Å². The zero-order valence-electron chi connectivity index (χ0n) is 9.18. The van der Waals surface area contributed by atoms with Crippen molar-refractivity contribution < 1.29 is 0 Å². The van der Waals surface area contributed by atoms with Crippen LogP contribution in [0.5, 0.6) is 0 Å². The Balaban J connectivity index is 2.42. The molecule has 2 aromatic heterocycles. The van der Waals surface area contributed by atoms with E-state index in [1.807, 2.05) is 32.0 Å². The van der Waals surface area contributed by atoms with Gasteiger partial charge in [0.2, 0.25) is 0 Å². The summed E-state index contributed by atoms with van der Waals surface area (Å²) in [7, 11) is 0. The summed E-state index contributed by atoms with van der Waals surface area (Å²) in [4.78, 5) is 4.28. The molecule has 84 valence electrons. The molecule has 2 aromatic rings. The predicted octanol–water partition coefficient (Wildman–Crippen LogP) is 2.43. The fourth-order valence-electron chi connectivity index (χ4n) is 1.59. The van der Waals surface area contributed by atoms with Crippen molar-refractivity contribution in [1.29, 1.82) is 0 Å².